The van der Waals surface area contributed by atoms with Crippen LogP contribution in [0.5, 0.6) is 0 Å². The van der Waals surface area contributed by atoms with E-state index in [-0.39, 0.29) is 5.25 Å². The first-order chi connectivity index (χ1) is 8.96. The number of carbonyl (C=O) groups is 1. The molecule has 1 aromatic carbocycles. The number of benzene rings is 1. The van der Waals surface area contributed by atoms with Gasteiger partial charge in [0.1, 0.15) is 0 Å². The summed E-state index contributed by atoms with van der Waals surface area (Å²) in [6.07, 6.45) is 2.93. The summed E-state index contributed by atoms with van der Waals surface area (Å²) in [6, 6.07) is 6.31. The summed E-state index contributed by atoms with van der Waals surface area (Å²) >= 11 is 0. The average Bonchev–Trinajstić information content (AvgIpc) is 2.27. The zero-order valence-corrected chi connectivity index (χ0v) is 11.7. The number of aliphatic carboxylic acids is 1. The summed E-state index contributed by atoms with van der Waals surface area (Å²) in [4.78, 5) is 11.4. The molecule has 2 rings (SSSR count). The normalized spacial score (nSPS) is 17.7. The maximum absolute atomic E-state index is 12.2. The Hall–Kier alpha value is -1.36. The molecule has 4 nitrogen and oxygen atoms in total. The third-order valence-corrected chi connectivity index (χ3v) is 6.09. The molecule has 1 atom stereocenters. The molecule has 104 valence electrons. The van der Waals surface area contributed by atoms with E-state index in [1.807, 2.05) is 0 Å². The molecule has 0 spiro atoms. The van der Waals surface area contributed by atoms with Crippen molar-refractivity contribution >= 4 is 15.8 Å². The fourth-order valence-electron chi connectivity index (χ4n) is 2.32. The lowest BCUT2D eigenvalue weighted by molar-refractivity contribution is -0.138. The van der Waals surface area contributed by atoms with Gasteiger partial charge in [0.15, 0.2) is 9.84 Å². The fourth-order valence-corrected chi connectivity index (χ4v) is 4.17. The molecule has 1 saturated carbocycles. The Balaban J connectivity index is 2.25. The van der Waals surface area contributed by atoms with Crippen LogP contribution in [0.15, 0.2) is 29.2 Å². The van der Waals surface area contributed by atoms with Crippen LogP contribution in [0.25, 0.3) is 0 Å². The van der Waals surface area contributed by atoms with Gasteiger partial charge in [0.25, 0.3) is 0 Å². The van der Waals surface area contributed by atoms with Crippen molar-refractivity contribution < 1.29 is 18.3 Å². The first-order valence-electron chi connectivity index (χ1n) is 6.53. The number of sulfone groups is 1. The van der Waals surface area contributed by atoms with Crippen molar-refractivity contribution in [3.8, 4) is 0 Å². The number of carboxylic acid groups (broad SMARTS) is 1. The summed E-state index contributed by atoms with van der Waals surface area (Å²) < 4.78 is 24.4. The Morgan fingerprint density at radius 2 is 1.89 bits per heavy atom. The van der Waals surface area contributed by atoms with Crippen LogP contribution in [-0.4, -0.2) is 24.7 Å². The Labute approximate surface area is 113 Å². The molecule has 1 aromatic rings. The lowest BCUT2D eigenvalue weighted by atomic mass is 9.97. The minimum Gasteiger partial charge on any atom is -0.481 e. The smallest absolute Gasteiger partial charge is 0.310 e. The number of rotatable bonds is 5. The number of hydrogen-bond acceptors (Lipinski definition) is 3. The van der Waals surface area contributed by atoms with Crippen LogP contribution in [0.3, 0.4) is 0 Å². The third-order valence-electron chi connectivity index (χ3n) is 3.81. The maximum atomic E-state index is 12.2. The molecule has 1 aliphatic carbocycles. The van der Waals surface area contributed by atoms with Crippen molar-refractivity contribution in [1.82, 2.24) is 0 Å². The monoisotopic (exact) mass is 282 g/mol. The first kappa shape index (κ1) is 14.1. The van der Waals surface area contributed by atoms with Crippen molar-refractivity contribution in [2.75, 3.05) is 0 Å². The van der Waals surface area contributed by atoms with Crippen molar-refractivity contribution in [3.63, 3.8) is 0 Å². The Morgan fingerprint density at radius 3 is 2.26 bits per heavy atom. The van der Waals surface area contributed by atoms with E-state index < -0.39 is 21.7 Å². The van der Waals surface area contributed by atoms with Gasteiger partial charge in [-0.1, -0.05) is 25.5 Å². The van der Waals surface area contributed by atoms with E-state index in [4.69, 9.17) is 5.11 Å². The number of hydrogen-bond donors (Lipinski definition) is 1. The molecule has 0 aromatic heterocycles. The molecule has 0 heterocycles. The first-order valence-corrected chi connectivity index (χ1v) is 8.08. The van der Waals surface area contributed by atoms with Gasteiger partial charge in [0.05, 0.1) is 16.1 Å². The maximum Gasteiger partial charge on any atom is 0.310 e. The van der Waals surface area contributed by atoms with E-state index in [0.717, 1.165) is 19.3 Å². The molecular weight excluding hydrogens is 264 g/mol. The van der Waals surface area contributed by atoms with Crippen LogP contribution >= 0.6 is 0 Å². The second-order valence-corrected chi connectivity index (χ2v) is 7.19. The van der Waals surface area contributed by atoms with Gasteiger partial charge in [0, 0.05) is 0 Å². The van der Waals surface area contributed by atoms with E-state index in [9.17, 15) is 13.2 Å². The molecule has 5 heteroatoms. The Morgan fingerprint density at radius 1 is 1.32 bits per heavy atom. The third kappa shape index (κ3) is 2.66. The van der Waals surface area contributed by atoms with Gasteiger partial charge in [-0.25, -0.2) is 8.42 Å². The van der Waals surface area contributed by atoms with Gasteiger partial charge in [-0.2, -0.15) is 0 Å². The minimum absolute atomic E-state index is 0.250. The van der Waals surface area contributed by atoms with E-state index in [1.165, 1.54) is 12.1 Å². The summed E-state index contributed by atoms with van der Waals surface area (Å²) in [7, 11) is -3.22. The van der Waals surface area contributed by atoms with Crippen molar-refractivity contribution in [1.29, 1.82) is 0 Å². The Bertz CT molecular complexity index is 556. The van der Waals surface area contributed by atoms with Gasteiger partial charge < -0.3 is 5.11 Å². The SMILES string of the molecule is CCC(C(=O)O)c1ccc(S(=O)(=O)C2CCC2)cc1. The molecule has 1 N–H and O–H groups in total. The zero-order valence-electron chi connectivity index (χ0n) is 10.9. The molecule has 0 saturated heterocycles. The minimum atomic E-state index is -3.22. The molecule has 1 unspecified atom stereocenters. The van der Waals surface area contributed by atoms with Gasteiger partial charge in [-0.3, -0.25) is 4.79 Å². The number of carboxylic acids is 1. The topological polar surface area (TPSA) is 71.4 Å². The van der Waals surface area contributed by atoms with E-state index in [1.54, 1.807) is 19.1 Å². The van der Waals surface area contributed by atoms with Gasteiger partial charge >= 0.3 is 5.97 Å². The molecule has 0 radical (unpaired) electrons. The van der Waals surface area contributed by atoms with E-state index in [0.29, 0.717) is 16.9 Å². The molecule has 19 heavy (non-hydrogen) atoms. The summed E-state index contributed by atoms with van der Waals surface area (Å²) in [5, 5.41) is 8.82. The standard InChI is InChI=1S/C14H18O4S/c1-2-13(14(15)16)10-6-8-12(9-7-10)19(17,18)11-4-3-5-11/h6-9,11,13H,2-5H2,1H3,(H,15,16). The van der Waals surface area contributed by atoms with Gasteiger partial charge in [-0.15, -0.1) is 0 Å². The highest BCUT2D eigenvalue weighted by Gasteiger charge is 2.32. The van der Waals surface area contributed by atoms with Crippen molar-refractivity contribution in [2.45, 2.75) is 48.7 Å². The molecule has 1 aliphatic rings. The zero-order chi connectivity index (χ0) is 14.0. The summed E-state index contributed by atoms with van der Waals surface area (Å²) in [5.74, 6) is -1.45. The van der Waals surface area contributed by atoms with Crippen LogP contribution in [0, 0.1) is 0 Å². The van der Waals surface area contributed by atoms with Crippen LogP contribution in [0.1, 0.15) is 44.1 Å². The summed E-state index contributed by atoms with van der Waals surface area (Å²) in [5.41, 5.74) is 0.655. The second kappa shape index (κ2) is 5.33. The Kier molecular flexibility index (Phi) is 3.94. The van der Waals surface area contributed by atoms with Crippen LogP contribution in [0.2, 0.25) is 0 Å². The van der Waals surface area contributed by atoms with E-state index >= 15 is 0 Å². The fraction of sp³-hybridized carbons (Fsp3) is 0.500. The van der Waals surface area contributed by atoms with Crippen LogP contribution in [-0.2, 0) is 14.6 Å². The van der Waals surface area contributed by atoms with E-state index in [2.05, 4.69) is 0 Å². The lowest BCUT2D eigenvalue weighted by Gasteiger charge is -2.25. The predicted molar refractivity (Wildman–Crippen MR) is 71.9 cm³/mol. The molecule has 1 fully saturated rings. The van der Waals surface area contributed by atoms with Gasteiger partial charge in [0.2, 0.25) is 0 Å². The van der Waals surface area contributed by atoms with Crippen molar-refractivity contribution in [3.05, 3.63) is 29.8 Å². The van der Waals surface area contributed by atoms with Crippen molar-refractivity contribution in [2.24, 2.45) is 0 Å². The highest BCUT2D eigenvalue weighted by molar-refractivity contribution is 7.92. The highest BCUT2D eigenvalue weighted by Crippen LogP contribution is 2.31. The molecule has 0 amide bonds. The summed E-state index contributed by atoms with van der Waals surface area (Å²) in [6.45, 7) is 1.80. The largest absolute Gasteiger partial charge is 0.481 e. The predicted octanol–water partition coefficient (Wildman–Crippen LogP) is 2.59. The second-order valence-electron chi connectivity index (χ2n) is 4.97. The molecule has 0 aliphatic heterocycles. The highest BCUT2D eigenvalue weighted by atomic mass is 32.2. The van der Waals surface area contributed by atoms with Crippen LogP contribution in [0.4, 0.5) is 0 Å². The quantitative estimate of drug-likeness (QED) is 0.901. The average molecular weight is 282 g/mol. The van der Waals surface area contributed by atoms with Gasteiger partial charge in [-0.05, 0) is 37.0 Å². The van der Waals surface area contributed by atoms with Crippen LogP contribution < -0.4 is 0 Å². The lowest BCUT2D eigenvalue weighted by Crippen LogP contribution is -2.28. The molecular formula is C14H18O4S. The molecule has 0 bridgehead atoms.